The van der Waals surface area contributed by atoms with Gasteiger partial charge in [-0.2, -0.15) is 0 Å². The van der Waals surface area contributed by atoms with Crippen LogP contribution in [0.2, 0.25) is 0 Å². The first-order chi connectivity index (χ1) is 8.27. The van der Waals surface area contributed by atoms with Gasteiger partial charge in [0.2, 0.25) is 0 Å². The number of nitrogens with zero attached hydrogens (tertiary/aromatic N) is 1. The van der Waals surface area contributed by atoms with E-state index in [1.54, 1.807) is 16.7 Å². The van der Waals surface area contributed by atoms with E-state index >= 15 is 0 Å². The average molecular weight is 272 g/mol. The molecule has 1 aromatic heterocycles. The van der Waals surface area contributed by atoms with Crippen LogP contribution in [-0.2, 0) is 0 Å². The van der Waals surface area contributed by atoms with Crippen LogP contribution in [0.1, 0.15) is 18.9 Å². The van der Waals surface area contributed by atoms with Gasteiger partial charge in [0.1, 0.15) is 11.3 Å². The molecule has 1 saturated heterocycles. The molecule has 0 aliphatic carbocycles. The van der Waals surface area contributed by atoms with Gasteiger partial charge in [-0.15, -0.1) is 12.4 Å². The highest BCUT2D eigenvalue weighted by Gasteiger charge is 2.20. The number of halogens is 2. The summed E-state index contributed by atoms with van der Waals surface area (Å²) >= 11 is 0. The number of aromatic nitrogens is 2. The third kappa shape index (κ3) is 2.04. The first-order valence-electron chi connectivity index (χ1n) is 5.87. The topological polar surface area (TPSA) is 49.8 Å². The van der Waals surface area contributed by atoms with E-state index in [0.717, 1.165) is 25.9 Å². The summed E-state index contributed by atoms with van der Waals surface area (Å²) in [6, 6.07) is 4.96. The van der Waals surface area contributed by atoms with E-state index in [4.69, 9.17) is 0 Å². The van der Waals surface area contributed by atoms with Gasteiger partial charge in [0.25, 0.3) is 0 Å². The van der Waals surface area contributed by atoms with Crippen molar-refractivity contribution in [2.45, 2.75) is 18.9 Å². The van der Waals surface area contributed by atoms with Crippen LogP contribution in [0.25, 0.3) is 11.0 Å². The molecule has 0 radical (unpaired) electrons. The molecule has 0 spiro atoms. The predicted molar refractivity (Wildman–Crippen MR) is 70.9 cm³/mol. The second kappa shape index (κ2) is 5.12. The lowest BCUT2D eigenvalue weighted by molar-refractivity contribution is 0.368. The smallest absolute Gasteiger partial charge is 0.317 e. The summed E-state index contributed by atoms with van der Waals surface area (Å²) in [5.74, 6) is -0.368. The molecular formula is C12H15ClFN3O. The fourth-order valence-electron chi connectivity index (χ4n) is 2.54. The van der Waals surface area contributed by atoms with Crippen LogP contribution in [0.4, 0.5) is 4.39 Å². The van der Waals surface area contributed by atoms with Crippen LogP contribution in [0.3, 0.4) is 0 Å². The zero-order chi connectivity index (χ0) is 11.8. The molecule has 1 aliphatic rings. The van der Waals surface area contributed by atoms with Crippen LogP contribution >= 0.6 is 12.4 Å². The summed E-state index contributed by atoms with van der Waals surface area (Å²) < 4.78 is 15.2. The maximum atomic E-state index is 13.6. The van der Waals surface area contributed by atoms with Gasteiger partial charge < -0.3 is 10.3 Å². The second-order valence-corrected chi connectivity index (χ2v) is 4.42. The molecule has 0 saturated carbocycles. The van der Waals surface area contributed by atoms with Crippen LogP contribution < -0.4 is 11.0 Å². The van der Waals surface area contributed by atoms with Gasteiger partial charge in [0.15, 0.2) is 0 Å². The number of fused-ring (bicyclic) bond motifs is 1. The molecule has 0 unspecified atom stereocenters. The minimum atomic E-state index is -0.368. The molecule has 2 aromatic rings. The standard InChI is InChI=1S/C12H14FN3O.ClH/c13-9-2-1-3-10-11(9)15-12(17)16(10)8-4-6-14-7-5-8;/h1-3,8,14H,4-7H2,(H,15,17);1H. The monoisotopic (exact) mass is 271 g/mol. The Kier molecular flexibility index (Phi) is 3.73. The Bertz CT molecular complexity index is 601. The van der Waals surface area contributed by atoms with E-state index in [1.165, 1.54) is 6.07 Å². The normalized spacial score (nSPS) is 16.7. The Morgan fingerprint density at radius 3 is 2.72 bits per heavy atom. The highest BCUT2D eigenvalue weighted by atomic mass is 35.5. The zero-order valence-corrected chi connectivity index (χ0v) is 10.6. The molecule has 2 N–H and O–H groups in total. The van der Waals surface area contributed by atoms with Gasteiger partial charge in [0.05, 0.1) is 5.52 Å². The van der Waals surface area contributed by atoms with Crippen molar-refractivity contribution < 1.29 is 4.39 Å². The number of nitrogens with one attached hydrogen (secondary N) is 2. The largest absolute Gasteiger partial charge is 0.326 e. The molecule has 0 atom stereocenters. The Morgan fingerprint density at radius 2 is 2.00 bits per heavy atom. The number of benzene rings is 1. The Balaban J connectivity index is 0.00000120. The van der Waals surface area contributed by atoms with E-state index in [1.807, 2.05) is 0 Å². The van der Waals surface area contributed by atoms with Gasteiger partial charge in [0, 0.05) is 6.04 Å². The van der Waals surface area contributed by atoms with Gasteiger partial charge in [-0.25, -0.2) is 9.18 Å². The second-order valence-electron chi connectivity index (χ2n) is 4.42. The van der Waals surface area contributed by atoms with Crippen molar-refractivity contribution in [1.29, 1.82) is 0 Å². The number of aromatic amines is 1. The van der Waals surface area contributed by atoms with E-state index in [-0.39, 0.29) is 30.0 Å². The molecular weight excluding hydrogens is 257 g/mol. The summed E-state index contributed by atoms with van der Waals surface area (Å²) in [6.07, 6.45) is 1.81. The van der Waals surface area contributed by atoms with Gasteiger partial charge >= 0.3 is 5.69 Å². The summed E-state index contributed by atoms with van der Waals surface area (Å²) in [7, 11) is 0. The van der Waals surface area contributed by atoms with Crippen LogP contribution in [0.5, 0.6) is 0 Å². The van der Waals surface area contributed by atoms with Gasteiger partial charge in [-0.3, -0.25) is 4.57 Å². The van der Waals surface area contributed by atoms with E-state index < -0.39 is 0 Å². The minimum absolute atomic E-state index is 0. The van der Waals surface area contributed by atoms with Crippen molar-refractivity contribution in [3.8, 4) is 0 Å². The van der Waals surface area contributed by atoms with Crippen molar-refractivity contribution in [2.75, 3.05) is 13.1 Å². The predicted octanol–water partition coefficient (Wildman–Crippen LogP) is 1.81. The van der Waals surface area contributed by atoms with Crippen molar-refractivity contribution in [3.63, 3.8) is 0 Å². The highest BCUT2D eigenvalue weighted by Crippen LogP contribution is 2.22. The van der Waals surface area contributed by atoms with Gasteiger partial charge in [-0.1, -0.05) is 6.07 Å². The lowest BCUT2D eigenvalue weighted by Crippen LogP contribution is -2.33. The number of para-hydroxylation sites is 1. The third-order valence-electron chi connectivity index (χ3n) is 3.38. The first-order valence-corrected chi connectivity index (χ1v) is 5.87. The van der Waals surface area contributed by atoms with E-state index in [2.05, 4.69) is 10.3 Å². The molecule has 1 fully saturated rings. The fraction of sp³-hybridized carbons (Fsp3) is 0.417. The number of imidazole rings is 1. The van der Waals surface area contributed by atoms with Crippen LogP contribution in [-0.4, -0.2) is 22.6 Å². The van der Waals surface area contributed by atoms with E-state index in [0.29, 0.717) is 11.0 Å². The molecule has 1 aromatic carbocycles. The molecule has 3 rings (SSSR count). The Morgan fingerprint density at radius 1 is 1.28 bits per heavy atom. The SMILES string of the molecule is Cl.O=c1[nH]c2c(F)cccc2n1C1CCNCC1. The first kappa shape index (κ1) is 13.1. The molecule has 2 heterocycles. The summed E-state index contributed by atoms with van der Waals surface area (Å²) in [4.78, 5) is 14.5. The highest BCUT2D eigenvalue weighted by molar-refractivity contribution is 5.85. The van der Waals surface area contributed by atoms with Crippen molar-refractivity contribution in [1.82, 2.24) is 14.9 Å². The summed E-state index contributed by atoms with van der Waals surface area (Å²) in [5, 5.41) is 3.26. The zero-order valence-electron chi connectivity index (χ0n) is 9.78. The quantitative estimate of drug-likeness (QED) is 0.831. The maximum Gasteiger partial charge on any atom is 0.326 e. The molecule has 0 bridgehead atoms. The Hall–Kier alpha value is -1.33. The Labute approximate surface area is 110 Å². The number of hydrogen-bond acceptors (Lipinski definition) is 2. The van der Waals surface area contributed by atoms with Crippen molar-refractivity contribution >= 4 is 23.4 Å². The van der Waals surface area contributed by atoms with Crippen LogP contribution in [0.15, 0.2) is 23.0 Å². The third-order valence-corrected chi connectivity index (χ3v) is 3.38. The van der Waals surface area contributed by atoms with Crippen molar-refractivity contribution in [3.05, 3.63) is 34.5 Å². The van der Waals surface area contributed by atoms with E-state index in [9.17, 15) is 9.18 Å². The summed E-state index contributed by atoms with van der Waals surface area (Å²) in [5.41, 5.74) is 0.773. The number of hydrogen-bond donors (Lipinski definition) is 2. The molecule has 98 valence electrons. The lowest BCUT2D eigenvalue weighted by Gasteiger charge is -2.23. The molecule has 0 amide bonds. The fourth-order valence-corrected chi connectivity index (χ4v) is 2.54. The minimum Gasteiger partial charge on any atom is -0.317 e. The summed E-state index contributed by atoms with van der Waals surface area (Å²) in [6.45, 7) is 1.80. The number of H-pyrrole nitrogens is 1. The molecule has 1 aliphatic heterocycles. The number of piperidine rings is 1. The molecule has 6 heteroatoms. The molecule has 4 nitrogen and oxygen atoms in total. The average Bonchev–Trinajstić information content (AvgIpc) is 2.68. The number of rotatable bonds is 1. The maximum absolute atomic E-state index is 13.6. The van der Waals surface area contributed by atoms with Gasteiger partial charge in [-0.05, 0) is 38.1 Å². The lowest BCUT2D eigenvalue weighted by atomic mass is 10.1. The molecule has 18 heavy (non-hydrogen) atoms. The van der Waals surface area contributed by atoms with Crippen molar-refractivity contribution in [2.24, 2.45) is 0 Å². The van der Waals surface area contributed by atoms with Crippen LogP contribution in [0, 0.1) is 5.82 Å².